The van der Waals surface area contributed by atoms with Crippen LogP contribution in [0.15, 0.2) is 12.4 Å². The molecule has 0 radical (unpaired) electrons. The molecule has 3 aliphatic rings. The highest BCUT2D eigenvalue weighted by Crippen LogP contribution is 2.43. The third-order valence-electron chi connectivity index (χ3n) is 6.83. The zero-order chi connectivity index (χ0) is 20.1. The molecule has 0 atom stereocenters. The van der Waals surface area contributed by atoms with Crippen molar-refractivity contribution in [3.8, 4) is 0 Å². The second-order valence-corrected chi connectivity index (χ2v) is 10.4. The number of aromatic nitrogens is 2. The molecule has 2 saturated heterocycles. The van der Waals surface area contributed by atoms with Crippen molar-refractivity contribution in [3.05, 3.63) is 17.3 Å². The average Bonchev–Trinajstić information content (AvgIpc) is 3.24. The molecule has 1 spiro atoms. The monoisotopic (exact) mass is 424 g/mol. The Bertz CT molecular complexity index is 868. The largest absolute Gasteiger partial charge is 0.393 e. The fourth-order valence-corrected chi connectivity index (χ4v) is 6.59. The summed E-state index contributed by atoms with van der Waals surface area (Å²) < 4.78 is 38.4. The van der Waals surface area contributed by atoms with E-state index < -0.39 is 12.6 Å². The van der Waals surface area contributed by atoms with Gasteiger partial charge in [-0.1, -0.05) is 19.3 Å². The van der Waals surface area contributed by atoms with E-state index in [0.717, 1.165) is 61.1 Å². The molecule has 3 fully saturated rings. The number of rotatable bonds is 4. The first-order chi connectivity index (χ1) is 13.9. The van der Waals surface area contributed by atoms with Crippen LogP contribution in [-0.2, 0) is 6.42 Å². The minimum atomic E-state index is -4.19. The van der Waals surface area contributed by atoms with Gasteiger partial charge in [-0.2, -0.15) is 13.2 Å². The summed E-state index contributed by atoms with van der Waals surface area (Å²) >= 11 is 1.13. The van der Waals surface area contributed by atoms with Gasteiger partial charge in [-0.05, 0) is 31.2 Å². The van der Waals surface area contributed by atoms with Crippen molar-refractivity contribution < 1.29 is 13.2 Å². The molecule has 4 heterocycles. The first-order valence-corrected chi connectivity index (χ1v) is 11.5. The minimum absolute atomic E-state index is 0.311. The smallest absolute Gasteiger partial charge is 0.355 e. The highest BCUT2D eigenvalue weighted by Gasteiger charge is 2.48. The lowest BCUT2D eigenvalue weighted by molar-refractivity contribution is -0.126. The van der Waals surface area contributed by atoms with Crippen LogP contribution in [0.1, 0.15) is 43.4 Å². The van der Waals surface area contributed by atoms with Crippen LogP contribution in [0.3, 0.4) is 0 Å². The molecule has 0 aromatic carbocycles. The van der Waals surface area contributed by atoms with Crippen molar-refractivity contribution in [2.45, 2.75) is 51.1 Å². The molecule has 0 bridgehead atoms. The van der Waals surface area contributed by atoms with E-state index in [9.17, 15) is 13.2 Å². The molecular weight excluding hydrogens is 397 g/mol. The summed E-state index contributed by atoms with van der Waals surface area (Å²) in [7, 11) is 0. The third kappa shape index (κ3) is 4.10. The van der Waals surface area contributed by atoms with E-state index in [1.54, 1.807) is 6.07 Å². The van der Waals surface area contributed by atoms with Gasteiger partial charge < -0.3 is 9.80 Å². The maximum atomic E-state index is 12.8. The Morgan fingerprint density at radius 1 is 1.10 bits per heavy atom. The predicted molar refractivity (Wildman–Crippen MR) is 109 cm³/mol. The normalized spacial score (nSPS) is 23.2. The highest BCUT2D eigenvalue weighted by molar-refractivity contribution is 7.18. The first kappa shape index (κ1) is 19.5. The van der Waals surface area contributed by atoms with Gasteiger partial charge in [-0.25, -0.2) is 9.97 Å². The molecular formula is C21H27F3N4S. The SMILES string of the molecule is FC(F)(F)Cc1cc2c(N3CCC4(CN(CC5CCCCC5)C4)C3)ncnc2s1. The van der Waals surface area contributed by atoms with Crippen LogP contribution >= 0.6 is 11.3 Å². The van der Waals surface area contributed by atoms with Gasteiger partial charge >= 0.3 is 6.18 Å². The second-order valence-electron chi connectivity index (χ2n) is 9.27. The molecule has 1 saturated carbocycles. The number of thiophene rings is 1. The van der Waals surface area contributed by atoms with Gasteiger partial charge in [-0.3, -0.25) is 0 Å². The molecule has 158 valence electrons. The van der Waals surface area contributed by atoms with E-state index in [0.29, 0.717) is 15.1 Å². The van der Waals surface area contributed by atoms with Crippen LogP contribution in [0.25, 0.3) is 10.2 Å². The van der Waals surface area contributed by atoms with Crippen LogP contribution in [0, 0.1) is 11.3 Å². The molecule has 5 rings (SSSR count). The summed E-state index contributed by atoms with van der Waals surface area (Å²) in [4.78, 5) is 14.5. The second kappa shape index (κ2) is 7.38. The number of anilines is 1. The van der Waals surface area contributed by atoms with E-state index in [-0.39, 0.29) is 0 Å². The lowest BCUT2D eigenvalue weighted by Crippen LogP contribution is -2.58. The number of hydrogen-bond acceptors (Lipinski definition) is 5. The molecule has 0 amide bonds. The van der Waals surface area contributed by atoms with E-state index in [2.05, 4.69) is 19.8 Å². The average molecular weight is 425 g/mol. The lowest BCUT2D eigenvalue weighted by atomic mass is 9.77. The zero-order valence-electron chi connectivity index (χ0n) is 16.5. The molecule has 1 aliphatic carbocycles. The zero-order valence-corrected chi connectivity index (χ0v) is 17.4. The van der Waals surface area contributed by atoms with Crippen LogP contribution in [-0.4, -0.2) is 53.8 Å². The lowest BCUT2D eigenvalue weighted by Gasteiger charge is -2.49. The maximum Gasteiger partial charge on any atom is 0.393 e. The Labute approximate surface area is 173 Å². The van der Waals surface area contributed by atoms with Gasteiger partial charge in [0.15, 0.2) is 0 Å². The third-order valence-corrected chi connectivity index (χ3v) is 7.87. The van der Waals surface area contributed by atoms with Gasteiger partial charge in [0.25, 0.3) is 0 Å². The van der Waals surface area contributed by atoms with Crippen molar-refractivity contribution in [3.63, 3.8) is 0 Å². The predicted octanol–water partition coefficient (Wildman–Crippen LogP) is 4.89. The molecule has 2 aliphatic heterocycles. The molecule has 29 heavy (non-hydrogen) atoms. The van der Waals surface area contributed by atoms with Gasteiger partial charge in [0.2, 0.25) is 0 Å². The maximum absolute atomic E-state index is 12.8. The molecule has 2 aromatic rings. The molecule has 2 aromatic heterocycles. The van der Waals surface area contributed by atoms with Crippen LogP contribution in [0.4, 0.5) is 19.0 Å². The van der Waals surface area contributed by atoms with E-state index in [1.165, 1.54) is 45.0 Å². The Kier molecular flexibility index (Phi) is 4.97. The van der Waals surface area contributed by atoms with Crippen molar-refractivity contribution in [2.75, 3.05) is 37.6 Å². The summed E-state index contributed by atoms with van der Waals surface area (Å²) in [5, 5.41) is 0.771. The summed E-state index contributed by atoms with van der Waals surface area (Å²) in [6.07, 6.45) is 4.48. The summed E-state index contributed by atoms with van der Waals surface area (Å²) in [6.45, 7) is 5.41. The Hall–Kier alpha value is -1.41. The Morgan fingerprint density at radius 2 is 1.90 bits per heavy atom. The first-order valence-electron chi connectivity index (χ1n) is 10.7. The summed E-state index contributed by atoms with van der Waals surface area (Å²) in [5.74, 6) is 1.68. The Morgan fingerprint density at radius 3 is 2.66 bits per heavy atom. The standard InChI is InChI=1S/C21H27F3N4S/c22-21(23,24)9-16-8-17-18(25-14-26-19(17)29-16)28-7-6-20(13-28)11-27(12-20)10-15-4-2-1-3-5-15/h8,14-15H,1-7,9-13H2. The summed E-state index contributed by atoms with van der Waals surface area (Å²) in [6, 6.07) is 1.64. The van der Waals surface area contributed by atoms with Crippen molar-refractivity contribution >= 4 is 27.4 Å². The topological polar surface area (TPSA) is 32.3 Å². The highest BCUT2D eigenvalue weighted by atomic mass is 32.1. The summed E-state index contributed by atoms with van der Waals surface area (Å²) in [5.41, 5.74) is 0.330. The quantitative estimate of drug-likeness (QED) is 0.700. The molecule has 4 nitrogen and oxygen atoms in total. The van der Waals surface area contributed by atoms with Crippen LogP contribution in [0.5, 0.6) is 0 Å². The molecule has 0 N–H and O–H groups in total. The fraction of sp³-hybridized carbons (Fsp3) is 0.714. The van der Waals surface area contributed by atoms with Crippen LogP contribution < -0.4 is 4.90 Å². The number of hydrogen-bond donors (Lipinski definition) is 0. The number of fused-ring (bicyclic) bond motifs is 1. The van der Waals surface area contributed by atoms with Gasteiger partial charge in [-0.15, -0.1) is 11.3 Å². The number of nitrogens with zero attached hydrogens (tertiary/aromatic N) is 4. The van der Waals surface area contributed by atoms with Gasteiger partial charge in [0.05, 0.1) is 11.8 Å². The number of alkyl halides is 3. The van der Waals surface area contributed by atoms with Crippen molar-refractivity contribution in [1.82, 2.24) is 14.9 Å². The van der Waals surface area contributed by atoms with E-state index in [4.69, 9.17) is 0 Å². The Balaban J connectivity index is 1.25. The van der Waals surface area contributed by atoms with Crippen molar-refractivity contribution in [1.29, 1.82) is 0 Å². The molecule has 0 unspecified atom stereocenters. The van der Waals surface area contributed by atoms with E-state index in [1.807, 2.05) is 0 Å². The minimum Gasteiger partial charge on any atom is -0.355 e. The fourth-order valence-electron chi connectivity index (χ4n) is 5.57. The van der Waals surface area contributed by atoms with Gasteiger partial charge in [0, 0.05) is 43.0 Å². The molecule has 8 heteroatoms. The van der Waals surface area contributed by atoms with Gasteiger partial charge in [0.1, 0.15) is 17.0 Å². The number of likely N-dealkylation sites (tertiary alicyclic amines) is 1. The van der Waals surface area contributed by atoms with Crippen molar-refractivity contribution in [2.24, 2.45) is 11.3 Å². The van der Waals surface area contributed by atoms with E-state index >= 15 is 0 Å². The van der Waals surface area contributed by atoms with Crippen LogP contribution in [0.2, 0.25) is 0 Å². The number of halogens is 3.